The SMILES string of the molecule is CCNC1CCCC1c1nc(CC2CCOC2)no1. The second kappa shape index (κ2) is 6.01. The van der Waals surface area contributed by atoms with Gasteiger partial charge in [0.25, 0.3) is 0 Å². The van der Waals surface area contributed by atoms with Crippen molar-refractivity contribution in [3.63, 3.8) is 0 Å². The normalized spacial score (nSPS) is 31.1. The summed E-state index contributed by atoms with van der Waals surface area (Å²) in [6, 6.07) is 0.508. The molecule has 5 nitrogen and oxygen atoms in total. The van der Waals surface area contributed by atoms with Crippen LogP contribution in [-0.2, 0) is 11.2 Å². The molecule has 2 heterocycles. The van der Waals surface area contributed by atoms with Crippen LogP contribution in [0.2, 0.25) is 0 Å². The highest BCUT2D eigenvalue weighted by Crippen LogP contribution is 2.33. The van der Waals surface area contributed by atoms with Gasteiger partial charge in [-0.1, -0.05) is 18.5 Å². The molecule has 1 saturated carbocycles. The zero-order valence-corrected chi connectivity index (χ0v) is 11.6. The lowest BCUT2D eigenvalue weighted by atomic mass is 10.0. The van der Waals surface area contributed by atoms with E-state index in [0.717, 1.165) is 50.7 Å². The number of nitrogens with zero attached hydrogens (tertiary/aromatic N) is 2. The lowest BCUT2D eigenvalue weighted by Crippen LogP contribution is -2.31. The first-order valence-corrected chi connectivity index (χ1v) is 7.50. The molecule has 5 heteroatoms. The minimum atomic E-state index is 0.404. The summed E-state index contributed by atoms with van der Waals surface area (Å²) in [5.41, 5.74) is 0. The molecule has 1 aliphatic heterocycles. The van der Waals surface area contributed by atoms with Gasteiger partial charge in [-0.05, 0) is 31.7 Å². The van der Waals surface area contributed by atoms with E-state index >= 15 is 0 Å². The van der Waals surface area contributed by atoms with Crippen LogP contribution in [-0.4, -0.2) is 35.9 Å². The zero-order chi connectivity index (χ0) is 13.1. The van der Waals surface area contributed by atoms with Crippen molar-refractivity contribution in [2.24, 2.45) is 5.92 Å². The van der Waals surface area contributed by atoms with Gasteiger partial charge in [0, 0.05) is 25.7 Å². The van der Waals surface area contributed by atoms with Crippen LogP contribution in [0.15, 0.2) is 4.52 Å². The second-order valence-electron chi connectivity index (χ2n) is 5.68. The second-order valence-corrected chi connectivity index (χ2v) is 5.68. The van der Waals surface area contributed by atoms with Crippen LogP contribution >= 0.6 is 0 Å². The molecule has 106 valence electrons. The van der Waals surface area contributed by atoms with Crippen LogP contribution in [0.25, 0.3) is 0 Å². The minimum Gasteiger partial charge on any atom is -0.381 e. The molecule has 1 saturated heterocycles. The number of hydrogen-bond donors (Lipinski definition) is 1. The summed E-state index contributed by atoms with van der Waals surface area (Å²) in [5.74, 6) is 2.66. The van der Waals surface area contributed by atoms with Crippen LogP contribution in [0.1, 0.15) is 50.2 Å². The number of likely N-dealkylation sites (N-methyl/N-ethyl adjacent to an activating group) is 1. The number of nitrogens with one attached hydrogen (secondary N) is 1. The molecule has 3 rings (SSSR count). The lowest BCUT2D eigenvalue weighted by Gasteiger charge is -2.16. The summed E-state index contributed by atoms with van der Waals surface area (Å²) < 4.78 is 10.9. The standard InChI is InChI=1S/C14H23N3O2/c1-2-15-12-5-3-4-11(12)14-16-13(17-19-14)8-10-6-7-18-9-10/h10-12,15H,2-9H2,1H3. The van der Waals surface area contributed by atoms with Crippen molar-refractivity contribution < 1.29 is 9.26 Å². The Morgan fingerprint density at radius 2 is 2.26 bits per heavy atom. The van der Waals surface area contributed by atoms with Crippen molar-refractivity contribution in [1.29, 1.82) is 0 Å². The van der Waals surface area contributed by atoms with Crippen LogP contribution in [0.5, 0.6) is 0 Å². The minimum absolute atomic E-state index is 0.404. The molecular formula is C14H23N3O2. The highest BCUT2D eigenvalue weighted by Gasteiger charge is 2.32. The first-order valence-electron chi connectivity index (χ1n) is 7.50. The van der Waals surface area contributed by atoms with Crippen LogP contribution < -0.4 is 5.32 Å². The number of hydrogen-bond acceptors (Lipinski definition) is 5. The monoisotopic (exact) mass is 265 g/mol. The van der Waals surface area contributed by atoms with Gasteiger partial charge in [-0.15, -0.1) is 0 Å². The van der Waals surface area contributed by atoms with Crippen molar-refractivity contribution in [3.05, 3.63) is 11.7 Å². The van der Waals surface area contributed by atoms with Crippen LogP contribution in [0, 0.1) is 5.92 Å². The van der Waals surface area contributed by atoms with Crippen LogP contribution in [0.3, 0.4) is 0 Å². The van der Waals surface area contributed by atoms with E-state index in [2.05, 4.69) is 22.4 Å². The first kappa shape index (κ1) is 13.1. The Balaban J connectivity index is 1.63. The Bertz CT molecular complexity index is 401. The Morgan fingerprint density at radius 1 is 1.32 bits per heavy atom. The molecule has 3 unspecified atom stereocenters. The first-order chi connectivity index (χ1) is 9.36. The summed E-state index contributed by atoms with van der Waals surface area (Å²) in [5, 5.41) is 7.68. The van der Waals surface area contributed by atoms with Gasteiger partial charge in [-0.3, -0.25) is 0 Å². The third-order valence-corrected chi connectivity index (χ3v) is 4.28. The van der Waals surface area contributed by atoms with E-state index in [0.29, 0.717) is 17.9 Å². The Hall–Kier alpha value is -0.940. The molecule has 1 aliphatic carbocycles. The van der Waals surface area contributed by atoms with E-state index in [1.807, 2.05) is 0 Å². The van der Waals surface area contributed by atoms with E-state index in [9.17, 15) is 0 Å². The maximum absolute atomic E-state index is 5.49. The van der Waals surface area contributed by atoms with Crippen molar-refractivity contribution in [3.8, 4) is 0 Å². The topological polar surface area (TPSA) is 60.2 Å². The maximum atomic E-state index is 5.49. The molecule has 2 fully saturated rings. The third kappa shape index (κ3) is 2.98. The van der Waals surface area contributed by atoms with Gasteiger partial charge in [0.2, 0.25) is 5.89 Å². The maximum Gasteiger partial charge on any atom is 0.231 e. The van der Waals surface area contributed by atoms with E-state index in [-0.39, 0.29) is 0 Å². The largest absolute Gasteiger partial charge is 0.381 e. The average molecular weight is 265 g/mol. The molecule has 3 atom stereocenters. The molecule has 0 amide bonds. The van der Waals surface area contributed by atoms with E-state index in [1.54, 1.807) is 0 Å². The summed E-state index contributed by atoms with van der Waals surface area (Å²) in [6.45, 7) is 4.87. The predicted molar refractivity (Wildman–Crippen MR) is 71.0 cm³/mol. The number of rotatable bonds is 5. The van der Waals surface area contributed by atoms with Crippen LogP contribution in [0.4, 0.5) is 0 Å². The number of aromatic nitrogens is 2. The average Bonchev–Trinajstić information content (AvgIpc) is 3.11. The molecule has 1 aromatic rings. The summed E-state index contributed by atoms with van der Waals surface area (Å²) in [6.07, 6.45) is 5.63. The molecular weight excluding hydrogens is 242 g/mol. The van der Waals surface area contributed by atoms with Gasteiger partial charge in [0.05, 0.1) is 5.92 Å². The highest BCUT2D eigenvalue weighted by atomic mass is 16.5. The third-order valence-electron chi connectivity index (χ3n) is 4.28. The Kier molecular flexibility index (Phi) is 4.13. The lowest BCUT2D eigenvalue weighted by molar-refractivity contribution is 0.185. The summed E-state index contributed by atoms with van der Waals surface area (Å²) >= 11 is 0. The molecule has 19 heavy (non-hydrogen) atoms. The van der Waals surface area contributed by atoms with Gasteiger partial charge in [0.15, 0.2) is 5.82 Å². The number of ether oxygens (including phenoxy) is 1. The highest BCUT2D eigenvalue weighted by molar-refractivity contribution is 5.03. The van der Waals surface area contributed by atoms with Gasteiger partial charge in [-0.25, -0.2) is 0 Å². The van der Waals surface area contributed by atoms with Gasteiger partial charge >= 0.3 is 0 Å². The van der Waals surface area contributed by atoms with Gasteiger partial charge < -0.3 is 14.6 Å². The van der Waals surface area contributed by atoms with Crippen molar-refractivity contribution >= 4 is 0 Å². The fraction of sp³-hybridized carbons (Fsp3) is 0.857. The fourth-order valence-electron chi connectivity index (χ4n) is 3.27. The predicted octanol–water partition coefficient (Wildman–Crippen LogP) is 1.89. The van der Waals surface area contributed by atoms with E-state index in [1.165, 1.54) is 12.8 Å². The smallest absolute Gasteiger partial charge is 0.231 e. The molecule has 2 aliphatic rings. The van der Waals surface area contributed by atoms with Gasteiger partial charge in [0.1, 0.15) is 0 Å². The fourth-order valence-corrected chi connectivity index (χ4v) is 3.27. The summed E-state index contributed by atoms with van der Waals surface area (Å²) in [4.78, 5) is 4.61. The van der Waals surface area contributed by atoms with Gasteiger partial charge in [-0.2, -0.15) is 4.98 Å². The van der Waals surface area contributed by atoms with Crippen molar-refractivity contribution in [2.75, 3.05) is 19.8 Å². The molecule has 0 bridgehead atoms. The zero-order valence-electron chi connectivity index (χ0n) is 11.6. The molecule has 0 radical (unpaired) electrons. The molecule has 0 aromatic carbocycles. The van der Waals surface area contributed by atoms with E-state index in [4.69, 9.17) is 9.26 Å². The molecule has 0 spiro atoms. The molecule has 1 N–H and O–H groups in total. The molecule has 1 aromatic heterocycles. The Morgan fingerprint density at radius 3 is 3.05 bits per heavy atom. The van der Waals surface area contributed by atoms with E-state index < -0.39 is 0 Å². The van der Waals surface area contributed by atoms with Crippen molar-refractivity contribution in [2.45, 2.75) is 51.0 Å². The summed E-state index contributed by atoms with van der Waals surface area (Å²) in [7, 11) is 0. The quantitative estimate of drug-likeness (QED) is 0.881. The van der Waals surface area contributed by atoms with Crippen molar-refractivity contribution in [1.82, 2.24) is 15.5 Å². The Labute approximate surface area is 114 Å².